The van der Waals surface area contributed by atoms with Gasteiger partial charge in [0, 0.05) is 12.0 Å². The molecule has 1 aliphatic carbocycles. The number of benzene rings is 2. The third kappa shape index (κ3) is 4.37. The zero-order chi connectivity index (χ0) is 22.8. The number of ether oxygens (including phenoxy) is 1. The summed E-state index contributed by atoms with van der Waals surface area (Å²) in [6, 6.07) is 17.4. The molecule has 8 nitrogen and oxygen atoms in total. The molecule has 0 amide bonds. The first kappa shape index (κ1) is 20.9. The van der Waals surface area contributed by atoms with E-state index in [0.29, 0.717) is 11.5 Å². The van der Waals surface area contributed by atoms with Gasteiger partial charge in [0.05, 0.1) is 11.4 Å². The minimum Gasteiger partial charge on any atom is -0.481 e. The highest BCUT2D eigenvalue weighted by Gasteiger charge is 2.28. The maximum atomic E-state index is 11.2. The van der Waals surface area contributed by atoms with Crippen molar-refractivity contribution >= 4 is 22.8 Å². The van der Waals surface area contributed by atoms with Gasteiger partial charge >= 0.3 is 5.97 Å². The zero-order valence-corrected chi connectivity index (χ0v) is 18.1. The summed E-state index contributed by atoms with van der Waals surface area (Å²) in [6.45, 7) is 0. The van der Waals surface area contributed by atoms with Crippen LogP contribution in [0.25, 0.3) is 22.3 Å². The lowest BCUT2D eigenvalue weighted by molar-refractivity contribution is -0.138. The van der Waals surface area contributed by atoms with E-state index in [4.69, 9.17) is 15.6 Å². The van der Waals surface area contributed by atoms with Crippen LogP contribution in [0.3, 0.4) is 0 Å². The second kappa shape index (κ2) is 8.90. The molecule has 0 aliphatic heterocycles. The van der Waals surface area contributed by atoms with Crippen LogP contribution >= 0.6 is 0 Å². The van der Waals surface area contributed by atoms with Crippen LogP contribution in [0.15, 0.2) is 60.9 Å². The molecule has 1 fully saturated rings. The number of anilines is 1. The summed E-state index contributed by atoms with van der Waals surface area (Å²) in [6.07, 6.45) is 5.22. The summed E-state index contributed by atoms with van der Waals surface area (Å²) < 4.78 is 7.82. The topological polar surface area (TPSA) is 116 Å². The van der Waals surface area contributed by atoms with Gasteiger partial charge in [-0.05, 0) is 61.6 Å². The molecule has 33 heavy (non-hydrogen) atoms. The average Bonchev–Trinajstić information content (AvgIpc) is 3.21. The molecule has 2 aromatic heterocycles. The fraction of sp³-hybridized carbons (Fsp3) is 0.280. The number of fused-ring (bicyclic) bond motifs is 1. The van der Waals surface area contributed by atoms with Crippen LogP contribution in [0, 0.1) is 5.92 Å². The number of hydrogen-bond donors (Lipinski definition) is 2. The van der Waals surface area contributed by atoms with E-state index in [1.165, 1.54) is 6.33 Å². The van der Waals surface area contributed by atoms with Gasteiger partial charge in [-0.2, -0.15) is 5.10 Å². The van der Waals surface area contributed by atoms with Crippen molar-refractivity contribution in [2.75, 3.05) is 5.73 Å². The Hall–Kier alpha value is -3.94. The van der Waals surface area contributed by atoms with Gasteiger partial charge in [-0.3, -0.25) is 4.79 Å². The molecule has 1 saturated carbocycles. The fourth-order valence-electron chi connectivity index (χ4n) is 4.67. The Labute approximate surface area is 191 Å². The maximum absolute atomic E-state index is 11.2. The summed E-state index contributed by atoms with van der Waals surface area (Å²) in [7, 11) is 0. The number of carboxylic acids is 1. The quantitative estimate of drug-likeness (QED) is 0.427. The Kier molecular flexibility index (Phi) is 5.64. The van der Waals surface area contributed by atoms with Crippen molar-refractivity contribution in [3.8, 4) is 22.8 Å². The molecule has 5 rings (SSSR count). The number of hydrogen-bond acceptors (Lipinski definition) is 6. The zero-order valence-electron chi connectivity index (χ0n) is 18.1. The van der Waals surface area contributed by atoms with Gasteiger partial charge < -0.3 is 15.6 Å². The minimum atomic E-state index is -0.754. The maximum Gasteiger partial charge on any atom is 0.303 e. The first-order valence-electron chi connectivity index (χ1n) is 11.1. The van der Waals surface area contributed by atoms with E-state index in [0.717, 1.165) is 53.8 Å². The van der Waals surface area contributed by atoms with Gasteiger partial charge in [-0.1, -0.05) is 24.6 Å². The van der Waals surface area contributed by atoms with Crippen molar-refractivity contribution in [2.45, 2.75) is 38.1 Å². The standard InChI is InChI=1S/C25H25N5O3/c26-24-22-23(17-9-11-20(12-10-17)33-19-7-2-1-3-8-19)29-30(25(22)28-15-27-24)18-6-4-5-16(13-18)14-21(31)32/h1-3,7-12,15-16,18H,4-6,13-14H2,(H,31,32)(H2,26,27,28)/t16?,18-/m1/s1. The normalized spacial score (nSPS) is 18.3. The number of carboxylic acid groups (broad SMARTS) is 1. The minimum absolute atomic E-state index is 0.0781. The van der Waals surface area contributed by atoms with Crippen molar-refractivity contribution in [3.05, 3.63) is 60.9 Å². The van der Waals surface area contributed by atoms with Gasteiger partial charge in [-0.25, -0.2) is 14.6 Å². The number of aliphatic carboxylic acids is 1. The summed E-state index contributed by atoms with van der Waals surface area (Å²) in [4.78, 5) is 19.9. The lowest BCUT2D eigenvalue weighted by Crippen LogP contribution is -2.22. The predicted octanol–water partition coefficient (Wildman–Crippen LogP) is 5.07. The van der Waals surface area contributed by atoms with E-state index in [-0.39, 0.29) is 18.4 Å². The number of aromatic nitrogens is 4. The Morgan fingerprint density at radius 1 is 1.06 bits per heavy atom. The number of para-hydroxylation sites is 1. The van der Waals surface area contributed by atoms with E-state index in [1.807, 2.05) is 59.3 Å². The SMILES string of the molecule is Nc1ncnc2c1c(-c1ccc(Oc3ccccc3)cc1)nn2[C@@H]1CCCC(CC(=O)O)C1. The summed E-state index contributed by atoms with van der Waals surface area (Å²) in [5, 5.41) is 14.9. The number of nitrogens with two attached hydrogens (primary N) is 1. The smallest absolute Gasteiger partial charge is 0.303 e. The van der Waals surface area contributed by atoms with Gasteiger partial charge in [0.1, 0.15) is 29.3 Å². The molecular formula is C25H25N5O3. The molecule has 168 valence electrons. The summed E-state index contributed by atoms with van der Waals surface area (Å²) in [5.74, 6) is 1.25. The van der Waals surface area contributed by atoms with Crippen molar-refractivity contribution in [1.82, 2.24) is 19.7 Å². The molecule has 0 spiro atoms. The molecule has 1 aliphatic rings. The van der Waals surface area contributed by atoms with Crippen molar-refractivity contribution in [2.24, 2.45) is 5.92 Å². The highest BCUT2D eigenvalue weighted by atomic mass is 16.5. The molecule has 0 bridgehead atoms. The Morgan fingerprint density at radius 3 is 2.58 bits per heavy atom. The predicted molar refractivity (Wildman–Crippen MR) is 125 cm³/mol. The van der Waals surface area contributed by atoms with Crippen LogP contribution in [0.4, 0.5) is 5.82 Å². The van der Waals surface area contributed by atoms with Crippen LogP contribution < -0.4 is 10.5 Å². The van der Waals surface area contributed by atoms with E-state index in [2.05, 4.69) is 9.97 Å². The molecule has 4 aromatic rings. The van der Waals surface area contributed by atoms with Gasteiger partial charge in [0.2, 0.25) is 0 Å². The Morgan fingerprint density at radius 2 is 1.82 bits per heavy atom. The molecule has 1 unspecified atom stereocenters. The van der Waals surface area contributed by atoms with Crippen molar-refractivity contribution < 1.29 is 14.6 Å². The van der Waals surface area contributed by atoms with E-state index < -0.39 is 5.97 Å². The third-order valence-corrected chi connectivity index (χ3v) is 6.19. The molecular weight excluding hydrogens is 418 g/mol. The van der Waals surface area contributed by atoms with Crippen LogP contribution in [-0.4, -0.2) is 30.8 Å². The number of nitrogens with zero attached hydrogens (tertiary/aromatic N) is 4. The molecule has 2 aromatic carbocycles. The summed E-state index contributed by atoms with van der Waals surface area (Å²) in [5.41, 5.74) is 8.54. The lowest BCUT2D eigenvalue weighted by atomic mass is 9.84. The average molecular weight is 444 g/mol. The molecule has 0 radical (unpaired) electrons. The molecule has 2 atom stereocenters. The first-order chi connectivity index (χ1) is 16.1. The van der Waals surface area contributed by atoms with Crippen LogP contribution in [0.1, 0.15) is 38.1 Å². The Bertz CT molecular complexity index is 1270. The second-order valence-corrected chi connectivity index (χ2v) is 8.47. The largest absolute Gasteiger partial charge is 0.481 e. The number of nitrogen functional groups attached to an aromatic ring is 1. The fourth-order valence-corrected chi connectivity index (χ4v) is 4.67. The van der Waals surface area contributed by atoms with Gasteiger partial charge in [0.25, 0.3) is 0 Å². The van der Waals surface area contributed by atoms with Crippen LogP contribution in [0.2, 0.25) is 0 Å². The van der Waals surface area contributed by atoms with E-state index in [1.54, 1.807) is 0 Å². The lowest BCUT2D eigenvalue weighted by Gasteiger charge is -2.28. The van der Waals surface area contributed by atoms with Crippen molar-refractivity contribution in [1.29, 1.82) is 0 Å². The first-order valence-corrected chi connectivity index (χ1v) is 11.1. The highest BCUT2D eigenvalue weighted by molar-refractivity contribution is 5.98. The molecule has 8 heteroatoms. The van der Waals surface area contributed by atoms with Crippen LogP contribution in [0.5, 0.6) is 11.5 Å². The molecule has 0 saturated heterocycles. The van der Waals surface area contributed by atoms with Gasteiger partial charge in [-0.15, -0.1) is 0 Å². The monoisotopic (exact) mass is 443 g/mol. The van der Waals surface area contributed by atoms with Crippen molar-refractivity contribution in [3.63, 3.8) is 0 Å². The molecule has 2 heterocycles. The number of rotatable bonds is 6. The van der Waals surface area contributed by atoms with Gasteiger partial charge in [0.15, 0.2) is 5.65 Å². The molecule has 3 N–H and O–H groups in total. The summed E-state index contributed by atoms with van der Waals surface area (Å²) >= 11 is 0. The number of carbonyl (C=O) groups is 1. The second-order valence-electron chi connectivity index (χ2n) is 8.47. The van der Waals surface area contributed by atoms with E-state index >= 15 is 0 Å². The van der Waals surface area contributed by atoms with E-state index in [9.17, 15) is 9.90 Å². The van der Waals surface area contributed by atoms with Crippen LogP contribution in [-0.2, 0) is 4.79 Å². The Balaban J connectivity index is 1.48. The highest BCUT2D eigenvalue weighted by Crippen LogP contribution is 2.39. The third-order valence-electron chi connectivity index (χ3n) is 6.19.